The lowest BCUT2D eigenvalue weighted by atomic mass is 9.97. The van der Waals surface area contributed by atoms with Crippen molar-refractivity contribution in [2.24, 2.45) is 0 Å². The molecule has 1 heterocycles. The van der Waals surface area contributed by atoms with E-state index in [9.17, 15) is 8.42 Å². The topological polar surface area (TPSA) is 40.6 Å². The van der Waals surface area contributed by atoms with E-state index in [-0.39, 0.29) is 5.54 Å². The number of hydrogen-bond donors (Lipinski definition) is 0. The van der Waals surface area contributed by atoms with Crippen molar-refractivity contribution in [3.8, 4) is 0 Å². The van der Waals surface area contributed by atoms with Gasteiger partial charge in [0.15, 0.2) is 0 Å². The van der Waals surface area contributed by atoms with Gasteiger partial charge in [-0.05, 0) is 33.7 Å². The van der Waals surface area contributed by atoms with Crippen LogP contribution in [-0.4, -0.2) is 55.6 Å². The number of likely N-dealkylation sites (N-methyl/N-ethyl adjacent to an activating group) is 1. The third-order valence-electron chi connectivity index (χ3n) is 3.96. The van der Waals surface area contributed by atoms with Crippen molar-refractivity contribution in [2.45, 2.75) is 45.2 Å². The normalized spacial score (nSPS) is 24.2. The summed E-state index contributed by atoms with van der Waals surface area (Å²) in [5.74, 6) is 0. The molecule has 0 unspecified atom stereocenters. The highest BCUT2D eigenvalue weighted by molar-refractivity contribution is 7.88. The Hall–Kier alpha value is -0.130. The van der Waals surface area contributed by atoms with Gasteiger partial charge < -0.3 is 0 Å². The lowest BCUT2D eigenvalue weighted by Gasteiger charge is -2.39. The molecule has 1 fully saturated rings. The molecule has 1 rings (SSSR count). The van der Waals surface area contributed by atoms with Gasteiger partial charge in [-0.1, -0.05) is 6.92 Å². The highest BCUT2D eigenvalue weighted by Crippen LogP contribution is 2.25. The van der Waals surface area contributed by atoms with Crippen molar-refractivity contribution in [3.63, 3.8) is 0 Å². The first-order valence-corrected chi connectivity index (χ1v) is 7.71. The minimum Gasteiger partial charge on any atom is -0.297 e. The second-order valence-electron chi connectivity index (χ2n) is 5.34. The number of sulfonamides is 1. The first kappa shape index (κ1) is 13.9. The molecule has 0 aromatic rings. The van der Waals surface area contributed by atoms with Gasteiger partial charge >= 0.3 is 0 Å². The molecule has 0 aromatic heterocycles. The summed E-state index contributed by atoms with van der Waals surface area (Å²) in [5.41, 5.74) is 0.137. The largest absolute Gasteiger partial charge is 0.297 e. The van der Waals surface area contributed by atoms with Gasteiger partial charge in [0, 0.05) is 24.7 Å². The first-order chi connectivity index (χ1) is 7.18. The van der Waals surface area contributed by atoms with Crippen LogP contribution in [0.4, 0.5) is 0 Å². The van der Waals surface area contributed by atoms with Gasteiger partial charge in [0.05, 0.1) is 6.26 Å². The van der Waals surface area contributed by atoms with E-state index in [1.807, 2.05) is 0 Å². The highest BCUT2D eigenvalue weighted by Gasteiger charge is 2.35. The fraction of sp³-hybridized carbons (Fsp3) is 1.00. The molecular weight excluding hydrogens is 224 g/mol. The zero-order valence-electron chi connectivity index (χ0n) is 11.0. The molecule has 0 aliphatic carbocycles. The molecule has 1 aliphatic heterocycles. The van der Waals surface area contributed by atoms with Crippen molar-refractivity contribution in [3.05, 3.63) is 0 Å². The van der Waals surface area contributed by atoms with Gasteiger partial charge in [-0.15, -0.1) is 0 Å². The Kier molecular flexibility index (Phi) is 4.03. The van der Waals surface area contributed by atoms with Crippen LogP contribution in [0.15, 0.2) is 0 Å². The van der Waals surface area contributed by atoms with Crippen LogP contribution in [0.25, 0.3) is 0 Å². The third-order valence-corrected chi connectivity index (χ3v) is 5.23. The minimum absolute atomic E-state index is 0.137. The molecule has 16 heavy (non-hydrogen) atoms. The van der Waals surface area contributed by atoms with Crippen LogP contribution in [-0.2, 0) is 10.0 Å². The van der Waals surface area contributed by atoms with Crippen LogP contribution in [0.2, 0.25) is 0 Å². The zero-order valence-corrected chi connectivity index (χ0v) is 11.8. The molecule has 96 valence electrons. The quantitative estimate of drug-likeness (QED) is 0.749. The molecule has 0 aromatic carbocycles. The molecule has 0 spiro atoms. The van der Waals surface area contributed by atoms with Crippen molar-refractivity contribution in [1.29, 1.82) is 0 Å². The van der Waals surface area contributed by atoms with Gasteiger partial charge in [-0.3, -0.25) is 4.90 Å². The van der Waals surface area contributed by atoms with Crippen LogP contribution in [0.5, 0.6) is 0 Å². The summed E-state index contributed by atoms with van der Waals surface area (Å²) in [4.78, 5) is 2.32. The molecule has 0 amide bonds. The summed E-state index contributed by atoms with van der Waals surface area (Å²) in [6.07, 6.45) is 3.30. The summed E-state index contributed by atoms with van der Waals surface area (Å²) < 4.78 is 24.4. The Bertz CT molecular complexity index is 338. The van der Waals surface area contributed by atoms with Gasteiger partial charge in [0.25, 0.3) is 0 Å². The van der Waals surface area contributed by atoms with Gasteiger partial charge in [0.2, 0.25) is 10.0 Å². The number of hydrogen-bond acceptors (Lipinski definition) is 3. The van der Waals surface area contributed by atoms with Crippen LogP contribution in [0.3, 0.4) is 0 Å². The summed E-state index contributed by atoms with van der Waals surface area (Å²) >= 11 is 0. The Morgan fingerprint density at radius 3 is 2.38 bits per heavy atom. The van der Waals surface area contributed by atoms with Crippen LogP contribution >= 0.6 is 0 Å². The molecule has 1 aliphatic rings. The molecule has 0 N–H and O–H groups in total. The summed E-state index contributed by atoms with van der Waals surface area (Å²) in [7, 11) is -0.917. The standard InChI is InChI=1S/C11H24N2O2S/c1-6-11(2,3)12(4)10-7-8-13(9-10)16(5,14)15/h10H,6-9H2,1-5H3/t10-/m0/s1. The summed E-state index contributed by atoms with van der Waals surface area (Å²) in [6.45, 7) is 7.87. The van der Waals surface area contributed by atoms with Crippen LogP contribution in [0, 0.1) is 0 Å². The molecule has 0 radical (unpaired) electrons. The molecule has 1 saturated heterocycles. The first-order valence-electron chi connectivity index (χ1n) is 5.86. The average Bonchev–Trinajstić information content (AvgIpc) is 2.64. The Morgan fingerprint density at radius 1 is 1.44 bits per heavy atom. The van der Waals surface area contributed by atoms with E-state index in [1.54, 1.807) is 4.31 Å². The summed E-state index contributed by atoms with van der Waals surface area (Å²) in [6, 6.07) is 0.352. The lowest BCUT2D eigenvalue weighted by Crippen LogP contribution is -2.48. The smallest absolute Gasteiger partial charge is 0.211 e. The van der Waals surface area contributed by atoms with E-state index in [2.05, 4.69) is 32.7 Å². The predicted octanol–water partition coefficient (Wildman–Crippen LogP) is 1.14. The fourth-order valence-corrected chi connectivity index (χ4v) is 2.95. The molecule has 5 heteroatoms. The van der Waals surface area contributed by atoms with Gasteiger partial charge in [-0.25, -0.2) is 12.7 Å². The second-order valence-corrected chi connectivity index (χ2v) is 7.32. The predicted molar refractivity (Wildman–Crippen MR) is 67.0 cm³/mol. The van der Waals surface area contributed by atoms with E-state index in [0.717, 1.165) is 12.8 Å². The maximum atomic E-state index is 11.4. The van der Waals surface area contributed by atoms with Crippen LogP contribution in [0.1, 0.15) is 33.6 Å². The van der Waals surface area contributed by atoms with E-state index in [1.165, 1.54) is 6.26 Å². The van der Waals surface area contributed by atoms with E-state index < -0.39 is 10.0 Å². The van der Waals surface area contributed by atoms with E-state index in [0.29, 0.717) is 19.1 Å². The average molecular weight is 248 g/mol. The SMILES string of the molecule is CCC(C)(C)N(C)[C@H]1CCN(S(C)(=O)=O)C1. The molecule has 0 bridgehead atoms. The molecule has 0 saturated carbocycles. The number of rotatable bonds is 4. The second kappa shape index (κ2) is 4.63. The van der Waals surface area contributed by atoms with Crippen molar-refractivity contribution in [2.75, 3.05) is 26.4 Å². The molecule has 4 nitrogen and oxygen atoms in total. The lowest BCUT2D eigenvalue weighted by molar-refractivity contribution is 0.103. The molecular formula is C11H24N2O2S. The number of nitrogens with zero attached hydrogens (tertiary/aromatic N) is 2. The highest BCUT2D eigenvalue weighted by atomic mass is 32.2. The zero-order chi connectivity index (χ0) is 12.6. The Balaban J connectivity index is 2.67. The van der Waals surface area contributed by atoms with Crippen molar-refractivity contribution >= 4 is 10.0 Å². The maximum absolute atomic E-state index is 11.4. The van der Waals surface area contributed by atoms with E-state index in [4.69, 9.17) is 0 Å². The van der Waals surface area contributed by atoms with Gasteiger partial charge in [-0.2, -0.15) is 0 Å². The van der Waals surface area contributed by atoms with Crippen molar-refractivity contribution in [1.82, 2.24) is 9.21 Å². The minimum atomic E-state index is -3.01. The fourth-order valence-electron chi connectivity index (χ4n) is 2.07. The Morgan fingerprint density at radius 2 is 2.00 bits per heavy atom. The van der Waals surface area contributed by atoms with Crippen LogP contribution < -0.4 is 0 Å². The van der Waals surface area contributed by atoms with Crippen molar-refractivity contribution < 1.29 is 8.42 Å². The van der Waals surface area contributed by atoms with Gasteiger partial charge in [0.1, 0.15) is 0 Å². The monoisotopic (exact) mass is 248 g/mol. The summed E-state index contributed by atoms with van der Waals surface area (Å²) in [5, 5.41) is 0. The third kappa shape index (κ3) is 2.96. The van der Waals surface area contributed by atoms with E-state index >= 15 is 0 Å². The maximum Gasteiger partial charge on any atom is 0.211 e. The Labute approximate surface area is 99.7 Å². The molecule has 1 atom stereocenters.